The van der Waals surface area contributed by atoms with Crippen molar-refractivity contribution in [1.29, 1.82) is 0 Å². The summed E-state index contributed by atoms with van der Waals surface area (Å²) in [6, 6.07) is 1.64. The Morgan fingerprint density at radius 2 is 1.82 bits per heavy atom. The number of halogens is 1. The largest absolute Gasteiger partial charge is 0.477 e. The predicted molar refractivity (Wildman–Crippen MR) is 127 cm³/mol. The molecule has 182 valence electrons. The van der Waals surface area contributed by atoms with Gasteiger partial charge in [0, 0.05) is 44.3 Å². The van der Waals surface area contributed by atoms with Crippen molar-refractivity contribution in [2.45, 2.75) is 56.7 Å². The Balaban J connectivity index is 1.37. The highest BCUT2D eigenvalue weighted by atomic mass is 19.1. The molecule has 2 saturated heterocycles. The molecular weight excluding hydrogens is 437 g/mol. The maximum atomic E-state index is 15.5. The summed E-state index contributed by atoms with van der Waals surface area (Å²) in [6.45, 7) is 4.74. The molecule has 2 aliphatic heterocycles. The van der Waals surface area contributed by atoms with Crippen molar-refractivity contribution in [3.05, 3.63) is 45.1 Å². The Labute approximate surface area is 197 Å². The fourth-order valence-electron chi connectivity index (χ4n) is 6.45. The van der Waals surface area contributed by atoms with Crippen LogP contribution in [0.25, 0.3) is 5.52 Å². The minimum absolute atomic E-state index is 0.101. The molecule has 2 unspecified atom stereocenters. The normalized spacial score (nSPS) is 29.9. The van der Waals surface area contributed by atoms with Crippen LogP contribution in [0.3, 0.4) is 0 Å². The van der Waals surface area contributed by atoms with Gasteiger partial charge in [-0.1, -0.05) is 0 Å². The highest BCUT2D eigenvalue weighted by Gasteiger charge is 2.46. The van der Waals surface area contributed by atoms with Gasteiger partial charge in [-0.25, -0.2) is 9.18 Å². The minimum atomic E-state index is -1.29. The third kappa shape index (κ3) is 3.44. The van der Waals surface area contributed by atoms with Crippen LogP contribution in [-0.2, 0) is 0 Å². The van der Waals surface area contributed by atoms with Crippen molar-refractivity contribution in [3.8, 4) is 0 Å². The zero-order valence-electron chi connectivity index (χ0n) is 19.4. The number of anilines is 1. The number of rotatable bonds is 5. The third-order valence-electron chi connectivity index (χ3n) is 8.48. The monoisotopic (exact) mass is 469 g/mol. The van der Waals surface area contributed by atoms with Crippen LogP contribution in [0, 0.1) is 24.6 Å². The number of carboxylic acids is 1. The molecule has 5 N–H and O–H groups in total. The Kier molecular flexibility index (Phi) is 5.02. The number of fused-ring (bicyclic) bond motifs is 1. The fourth-order valence-corrected chi connectivity index (χ4v) is 6.45. The molecule has 0 radical (unpaired) electrons. The third-order valence-corrected chi connectivity index (χ3v) is 8.48. The molecule has 2 aromatic heterocycles. The van der Waals surface area contributed by atoms with Gasteiger partial charge in [0.1, 0.15) is 5.56 Å². The molecule has 0 aromatic carbocycles. The number of aromatic carboxylic acids is 1. The van der Waals surface area contributed by atoms with E-state index in [9.17, 15) is 14.7 Å². The average molecular weight is 470 g/mol. The van der Waals surface area contributed by atoms with E-state index in [4.69, 9.17) is 11.5 Å². The van der Waals surface area contributed by atoms with Gasteiger partial charge in [-0.2, -0.15) is 0 Å². The molecule has 4 heterocycles. The van der Waals surface area contributed by atoms with Crippen molar-refractivity contribution < 1.29 is 14.3 Å². The van der Waals surface area contributed by atoms with Crippen LogP contribution in [0.2, 0.25) is 0 Å². The van der Waals surface area contributed by atoms with E-state index >= 15 is 4.39 Å². The Bertz CT molecular complexity index is 1240. The molecule has 4 fully saturated rings. The van der Waals surface area contributed by atoms with Gasteiger partial charge < -0.3 is 21.5 Å². The minimum Gasteiger partial charge on any atom is -0.477 e. The van der Waals surface area contributed by atoms with E-state index in [-0.39, 0.29) is 29.6 Å². The number of hydrogen-bond donors (Lipinski definition) is 3. The summed E-state index contributed by atoms with van der Waals surface area (Å²) < 4.78 is 16.7. The summed E-state index contributed by atoms with van der Waals surface area (Å²) in [5.41, 5.74) is 14.6. The lowest BCUT2D eigenvalue weighted by molar-refractivity contribution is 0.0694. The van der Waals surface area contributed by atoms with E-state index in [1.165, 1.54) is 23.3 Å². The Morgan fingerprint density at radius 1 is 1.09 bits per heavy atom. The van der Waals surface area contributed by atoms with Crippen molar-refractivity contribution in [1.82, 2.24) is 9.30 Å². The number of nitrogens with two attached hydrogens (primary N) is 2. The van der Waals surface area contributed by atoms with Crippen molar-refractivity contribution in [2.24, 2.45) is 23.3 Å². The highest BCUT2D eigenvalue weighted by Crippen LogP contribution is 2.45. The molecule has 0 spiro atoms. The van der Waals surface area contributed by atoms with E-state index in [1.807, 2.05) is 11.8 Å². The van der Waals surface area contributed by atoms with Crippen LogP contribution in [0.4, 0.5) is 10.1 Å². The average Bonchev–Trinajstić information content (AvgIpc) is 3.70. The molecule has 2 aromatic rings. The maximum Gasteiger partial charge on any atom is 0.341 e. The van der Waals surface area contributed by atoms with Gasteiger partial charge in [-0.3, -0.25) is 14.1 Å². The predicted octanol–water partition coefficient (Wildman–Crippen LogP) is 1.51. The second-order valence-electron chi connectivity index (χ2n) is 10.8. The summed E-state index contributed by atoms with van der Waals surface area (Å²) >= 11 is 0. The van der Waals surface area contributed by atoms with Gasteiger partial charge in [0.2, 0.25) is 0 Å². The SMILES string of the molecule is Cc1c(N2CC(N)C(N3C[C@@H](N)[C@@H](C4CC4)C3)C2)c(F)cn2c(=O)c(C(=O)O)cc(C3CC3)c12. The molecule has 0 bridgehead atoms. The molecule has 0 amide bonds. The van der Waals surface area contributed by atoms with E-state index in [0.29, 0.717) is 35.8 Å². The fraction of sp³-hybridized carbons (Fsp3) is 0.600. The molecule has 8 nitrogen and oxygen atoms in total. The lowest BCUT2D eigenvalue weighted by Crippen LogP contribution is -2.46. The molecule has 4 aliphatic rings. The van der Waals surface area contributed by atoms with E-state index in [1.54, 1.807) is 0 Å². The molecule has 2 aliphatic carbocycles. The number of aromatic nitrogens is 1. The topological polar surface area (TPSA) is 117 Å². The first-order valence-corrected chi connectivity index (χ1v) is 12.4. The quantitative estimate of drug-likeness (QED) is 0.608. The Hall–Kier alpha value is -2.49. The van der Waals surface area contributed by atoms with Crippen molar-refractivity contribution in [3.63, 3.8) is 0 Å². The standard InChI is InChI=1S/C25H32FN5O3/c1-12-22-15(13-2-3-13)6-16(25(33)34)24(32)31(22)8-18(26)23(12)30-10-20(28)21(11-30)29-7-17(14-4-5-14)19(27)9-29/h6,8,13-14,17,19-21H,2-5,7,9-11,27-28H2,1H3,(H,33,34)/t17-,19-,20?,21?/m1/s1. The first-order chi connectivity index (χ1) is 16.2. The van der Waals surface area contributed by atoms with Crippen LogP contribution in [0.1, 0.15) is 53.1 Å². The number of likely N-dealkylation sites (tertiary alicyclic amines) is 1. The second kappa shape index (κ2) is 7.76. The van der Waals surface area contributed by atoms with E-state index < -0.39 is 17.3 Å². The Morgan fingerprint density at radius 3 is 2.47 bits per heavy atom. The molecule has 4 atom stereocenters. The highest BCUT2D eigenvalue weighted by molar-refractivity contribution is 5.89. The van der Waals surface area contributed by atoms with Gasteiger partial charge in [-0.15, -0.1) is 0 Å². The summed E-state index contributed by atoms with van der Waals surface area (Å²) in [6.07, 6.45) is 5.57. The first kappa shape index (κ1) is 22.0. The zero-order valence-corrected chi connectivity index (χ0v) is 19.4. The van der Waals surface area contributed by atoms with E-state index in [0.717, 1.165) is 43.6 Å². The van der Waals surface area contributed by atoms with Gasteiger partial charge in [0.25, 0.3) is 5.56 Å². The van der Waals surface area contributed by atoms with Crippen LogP contribution >= 0.6 is 0 Å². The van der Waals surface area contributed by atoms with Crippen LogP contribution in [0.15, 0.2) is 17.1 Å². The molecule has 34 heavy (non-hydrogen) atoms. The molecule has 2 saturated carbocycles. The molecule has 9 heteroatoms. The first-order valence-electron chi connectivity index (χ1n) is 12.4. The maximum absolute atomic E-state index is 15.5. The molecular formula is C25H32FN5O3. The lowest BCUT2D eigenvalue weighted by atomic mass is 9.99. The number of carboxylic acid groups (broad SMARTS) is 1. The van der Waals surface area contributed by atoms with Gasteiger partial charge >= 0.3 is 5.97 Å². The summed E-state index contributed by atoms with van der Waals surface area (Å²) in [5.74, 6) is -0.353. The smallest absolute Gasteiger partial charge is 0.341 e. The number of hydrogen-bond acceptors (Lipinski definition) is 6. The van der Waals surface area contributed by atoms with E-state index in [2.05, 4.69) is 4.90 Å². The van der Waals surface area contributed by atoms with Crippen LogP contribution in [0.5, 0.6) is 0 Å². The summed E-state index contributed by atoms with van der Waals surface area (Å²) in [5, 5.41) is 9.51. The summed E-state index contributed by atoms with van der Waals surface area (Å²) in [4.78, 5) is 28.9. The van der Waals surface area contributed by atoms with Gasteiger partial charge in [0.05, 0.1) is 17.4 Å². The van der Waals surface area contributed by atoms with Crippen LogP contribution in [-0.4, -0.2) is 64.7 Å². The second-order valence-corrected chi connectivity index (χ2v) is 10.8. The summed E-state index contributed by atoms with van der Waals surface area (Å²) in [7, 11) is 0. The van der Waals surface area contributed by atoms with Crippen molar-refractivity contribution in [2.75, 3.05) is 31.1 Å². The number of aryl methyl sites for hydroxylation is 1. The number of nitrogens with zero attached hydrogens (tertiary/aromatic N) is 3. The lowest BCUT2D eigenvalue weighted by Gasteiger charge is -2.27. The number of carbonyl (C=O) groups is 1. The van der Waals surface area contributed by atoms with Crippen LogP contribution < -0.4 is 21.9 Å². The number of pyridine rings is 2. The zero-order chi connectivity index (χ0) is 23.9. The van der Waals surface area contributed by atoms with Gasteiger partial charge in [-0.05, 0) is 67.6 Å². The van der Waals surface area contributed by atoms with Gasteiger partial charge in [0.15, 0.2) is 5.82 Å². The molecule has 6 rings (SSSR count). The van der Waals surface area contributed by atoms with Crippen molar-refractivity contribution >= 4 is 17.2 Å².